The molecule has 2 rings (SSSR count). The van der Waals surface area contributed by atoms with Crippen molar-refractivity contribution in [1.82, 2.24) is 4.31 Å². The first-order chi connectivity index (χ1) is 8.64. The highest BCUT2D eigenvalue weighted by Gasteiger charge is 2.36. The van der Waals surface area contributed by atoms with Crippen molar-refractivity contribution < 1.29 is 16.8 Å². The Labute approximate surface area is 113 Å². The van der Waals surface area contributed by atoms with Crippen molar-refractivity contribution >= 4 is 25.5 Å². The monoisotopic (exact) mass is 304 g/mol. The molecule has 106 valence electrons. The summed E-state index contributed by atoms with van der Waals surface area (Å²) in [4.78, 5) is -0.200. The lowest BCUT2D eigenvalue weighted by molar-refractivity contribution is 0.464. The summed E-state index contributed by atoms with van der Waals surface area (Å²) in [6.45, 7) is 0. The van der Waals surface area contributed by atoms with E-state index in [-0.39, 0.29) is 21.5 Å². The molecule has 0 radical (unpaired) electrons. The van der Waals surface area contributed by atoms with Gasteiger partial charge in [-0.05, 0) is 31.0 Å². The van der Waals surface area contributed by atoms with Gasteiger partial charge < -0.3 is 5.73 Å². The summed E-state index contributed by atoms with van der Waals surface area (Å²) in [5, 5.41) is 0. The number of benzene rings is 1. The van der Waals surface area contributed by atoms with E-state index < -0.39 is 19.9 Å². The first-order valence-corrected chi connectivity index (χ1v) is 9.05. The molecular formula is C11H16N2O4S2. The summed E-state index contributed by atoms with van der Waals surface area (Å²) in [7, 11) is -5.73. The van der Waals surface area contributed by atoms with Crippen LogP contribution in [0.15, 0.2) is 28.0 Å². The molecular weight excluding hydrogens is 288 g/mol. The van der Waals surface area contributed by atoms with Crippen LogP contribution in [0.3, 0.4) is 0 Å². The number of nitrogen functional groups attached to an aromatic ring is 1. The molecule has 1 aliphatic rings. The van der Waals surface area contributed by atoms with Gasteiger partial charge in [-0.1, -0.05) is 0 Å². The zero-order valence-electron chi connectivity index (χ0n) is 10.7. The summed E-state index contributed by atoms with van der Waals surface area (Å²) in [6, 6.07) is 3.73. The van der Waals surface area contributed by atoms with Crippen LogP contribution in [0.5, 0.6) is 0 Å². The molecule has 1 fully saturated rings. The van der Waals surface area contributed by atoms with E-state index in [4.69, 9.17) is 5.73 Å². The Morgan fingerprint density at radius 2 is 1.79 bits per heavy atom. The highest BCUT2D eigenvalue weighted by Crippen LogP contribution is 2.33. The molecule has 6 nitrogen and oxygen atoms in total. The minimum atomic E-state index is -3.75. The SMILES string of the molecule is CN(C1CC1)S(=O)(=O)c1cc(S(C)(=O)=O)ccc1N. The molecule has 1 aromatic rings. The summed E-state index contributed by atoms with van der Waals surface area (Å²) in [5.41, 5.74) is 5.73. The predicted octanol–water partition coefficient (Wildman–Crippen LogP) is 0.455. The first-order valence-electron chi connectivity index (χ1n) is 5.71. The second-order valence-corrected chi connectivity index (χ2v) is 8.71. The highest BCUT2D eigenvalue weighted by molar-refractivity contribution is 7.91. The van der Waals surface area contributed by atoms with Crippen LogP contribution in [0.2, 0.25) is 0 Å². The number of rotatable bonds is 4. The largest absolute Gasteiger partial charge is 0.398 e. The molecule has 0 saturated heterocycles. The maximum absolute atomic E-state index is 12.4. The molecule has 0 amide bonds. The minimum Gasteiger partial charge on any atom is -0.398 e. The maximum Gasteiger partial charge on any atom is 0.245 e. The van der Waals surface area contributed by atoms with Gasteiger partial charge in [0.2, 0.25) is 10.0 Å². The molecule has 0 unspecified atom stereocenters. The number of hydrogen-bond acceptors (Lipinski definition) is 5. The number of sulfonamides is 1. The van der Waals surface area contributed by atoms with Gasteiger partial charge in [0.05, 0.1) is 10.6 Å². The lowest BCUT2D eigenvalue weighted by atomic mass is 10.3. The van der Waals surface area contributed by atoms with Crippen molar-refractivity contribution in [2.45, 2.75) is 28.7 Å². The molecule has 0 aromatic heterocycles. The van der Waals surface area contributed by atoms with E-state index in [0.717, 1.165) is 25.2 Å². The van der Waals surface area contributed by atoms with Gasteiger partial charge in [0.1, 0.15) is 4.90 Å². The van der Waals surface area contributed by atoms with E-state index in [1.54, 1.807) is 0 Å². The van der Waals surface area contributed by atoms with E-state index in [2.05, 4.69) is 0 Å². The average molecular weight is 304 g/mol. The molecule has 1 aliphatic carbocycles. The van der Waals surface area contributed by atoms with E-state index in [0.29, 0.717) is 0 Å². The molecule has 8 heteroatoms. The van der Waals surface area contributed by atoms with Gasteiger partial charge in [0.15, 0.2) is 9.84 Å². The second-order valence-electron chi connectivity index (χ2n) is 4.72. The average Bonchev–Trinajstić information content (AvgIpc) is 3.10. The third kappa shape index (κ3) is 2.75. The Morgan fingerprint density at radius 3 is 2.26 bits per heavy atom. The number of nitrogens with zero attached hydrogens (tertiary/aromatic N) is 1. The standard InChI is InChI=1S/C11H16N2O4S2/c1-13(8-3-4-8)19(16,17)11-7-9(18(2,14)15)5-6-10(11)12/h5-8H,3-4,12H2,1-2H3. The van der Waals surface area contributed by atoms with Gasteiger partial charge in [-0.2, -0.15) is 4.31 Å². The highest BCUT2D eigenvalue weighted by atomic mass is 32.2. The van der Waals surface area contributed by atoms with Crippen LogP contribution >= 0.6 is 0 Å². The Balaban J connectivity index is 2.55. The van der Waals surface area contributed by atoms with Crippen LogP contribution in [0.25, 0.3) is 0 Å². The molecule has 2 N–H and O–H groups in total. The summed E-state index contributed by atoms with van der Waals surface area (Å²) >= 11 is 0. The van der Waals surface area contributed by atoms with Gasteiger partial charge in [0, 0.05) is 19.3 Å². The molecule has 0 bridgehead atoms. The van der Waals surface area contributed by atoms with Crippen molar-refractivity contribution in [3.63, 3.8) is 0 Å². The van der Waals surface area contributed by atoms with Gasteiger partial charge >= 0.3 is 0 Å². The van der Waals surface area contributed by atoms with Crippen LogP contribution in [0, 0.1) is 0 Å². The quantitative estimate of drug-likeness (QED) is 0.815. The zero-order chi connectivity index (χ0) is 14.4. The molecule has 0 atom stereocenters. The number of hydrogen-bond donors (Lipinski definition) is 1. The maximum atomic E-state index is 12.4. The normalized spacial score (nSPS) is 16.8. The molecule has 1 saturated carbocycles. The van der Waals surface area contributed by atoms with E-state index >= 15 is 0 Å². The molecule has 0 aliphatic heterocycles. The van der Waals surface area contributed by atoms with Crippen LogP contribution in [0.1, 0.15) is 12.8 Å². The van der Waals surface area contributed by atoms with E-state index in [1.165, 1.54) is 23.5 Å². The van der Waals surface area contributed by atoms with Crippen molar-refractivity contribution in [1.29, 1.82) is 0 Å². The van der Waals surface area contributed by atoms with Gasteiger partial charge in [-0.15, -0.1) is 0 Å². The second kappa shape index (κ2) is 4.46. The Bertz CT molecular complexity index is 706. The van der Waals surface area contributed by atoms with Crippen molar-refractivity contribution in [2.24, 2.45) is 0 Å². The Morgan fingerprint density at radius 1 is 1.21 bits per heavy atom. The van der Waals surface area contributed by atoms with Gasteiger partial charge in [-0.3, -0.25) is 0 Å². The lowest BCUT2D eigenvalue weighted by Crippen LogP contribution is -2.29. The van der Waals surface area contributed by atoms with Crippen LogP contribution in [0.4, 0.5) is 5.69 Å². The van der Waals surface area contributed by atoms with Crippen LogP contribution in [-0.2, 0) is 19.9 Å². The number of anilines is 1. The van der Waals surface area contributed by atoms with Gasteiger partial charge in [0.25, 0.3) is 0 Å². The van der Waals surface area contributed by atoms with Gasteiger partial charge in [-0.25, -0.2) is 16.8 Å². The molecule has 1 aromatic carbocycles. The number of nitrogens with two attached hydrogens (primary N) is 1. The first kappa shape index (κ1) is 14.3. The van der Waals surface area contributed by atoms with Crippen molar-refractivity contribution in [3.8, 4) is 0 Å². The van der Waals surface area contributed by atoms with Crippen molar-refractivity contribution in [3.05, 3.63) is 18.2 Å². The lowest BCUT2D eigenvalue weighted by Gasteiger charge is -2.18. The third-order valence-electron chi connectivity index (χ3n) is 3.13. The zero-order valence-corrected chi connectivity index (χ0v) is 12.3. The molecule has 0 spiro atoms. The summed E-state index contributed by atoms with van der Waals surface area (Å²) in [5.74, 6) is 0. The molecule has 19 heavy (non-hydrogen) atoms. The Kier molecular flexibility index (Phi) is 3.36. The fraction of sp³-hybridized carbons (Fsp3) is 0.455. The van der Waals surface area contributed by atoms with Crippen LogP contribution < -0.4 is 5.73 Å². The topological polar surface area (TPSA) is 97.5 Å². The van der Waals surface area contributed by atoms with Crippen molar-refractivity contribution in [2.75, 3.05) is 19.0 Å². The fourth-order valence-corrected chi connectivity index (χ4v) is 4.04. The smallest absolute Gasteiger partial charge is 0.245 e. The minimum absolute atomic E-state index is 0.00807. The number of sulfone groups is 1. The summed E-state index contributed by atoms with van der Waals surface area (Å²) in [6.07, 6.45) is 2.67. The van der Waals surface area contributed by atoms with E-state index in [9.17, 15) is 16.8 Å². The van der Waals surface area contributed by atoms with E-state index in [1.807, 2.05) is 0 Å². The predicted molar refractivity (Wildman–Crippen MR) is 71.9 cm³/mol. The fourth-order valence-electron chi connectivity index (χ4n) is 1.76. The summed E-state index contributed by atoms with van der Waals surface area (Å²) < 4.78 is 49.0. The molecule has 0 heterocycles. The third-order valence-corrected chi connectivity index (χ3v) is 6.21. The van der Waals surface area contributed by atoms with Crippen LogP contribution in [-0.4, -0.2) is 40.5 Å². The Hall–Kier alpha value is -1.12.